The molecule has 3 atom stereocenters. The van der Waals surface area contributed by atoms with Gasteiger partial charge < -0.3 is 14.7 Å². The van der Waals surface area contributed by atoms with Crippen LogP contribution < -0.4 is 0 Å². The molecule has 1 amide bonds. The molecule has 0 bridgehead atoms. The summed E-state index contributed by atoms with van der Waals surface area (Å²) in [5.74, 6) is 1.97. The molecule has 1 aromatic carbocycles. The minimum Gasteiger partial charge on any atom is -0.469 e. The molecule has 1 saturated heterocycles. The molecule has 1 unspecified atom stereocenters. The van der Waals surface area contributed by atoms with Crippen LogP contribution in [0.2, 0.25) is 0 Å². The fraction of sp³-hybridized carbons (Fsp3) is 0.615. The third kappa shape index (κ3) is 9.78. The van der Waals surface area contributed by atoms with Crippen molar-refractivity contribution in [3.05, 3.63) is 48.0 Å². The first-order valence-corrected chi connectivity index (χ1v) is 13.0. The first kappa shape index (κ1) is 26.5. The summed E-state index contributed by atoms with van der Waals surface area (Å²) in [5, 5.41) is 10.6. The summed E-state index contributed by atoms with van der Waals surface area (Å²) in [6, 6.07) is 10.6. The molecule has 0 aromatic heterocycles. The summed E-state index contributed by atoms with van der Waals surface area (Å²) in [5.41, 5.74) is 1.37. The van der Waals surface area contributed by atoms with Gasteiger partial charge in [0.25, 0.3) is 0 Å². The maximum absolute atomic E-state index is 12.3. The Morgan fingerprint density at radius 2 is 2.03 bits per heavy atom. The Balaban J connectivity index is 1.65. The summed E-state index contributed by atoms with van der Waals surface area (Å²) < 4.78 is 4.65. The Morgan fingerprint density at radius 1 is 1.25 bits per heavy atom. The fourth-order valence-corrected chi connectivity index (χ4v) is 4.85. The number of aryl methyl sites for hydroxylation is 1. The summed E-state index contributed by atoms with van der Waals surface area (Å²) in [4.78, 5) is 25.3. The number of unbranched alkanes of at least 4 members (excludes halogenated alkanes) is 1. The van der Waals surface area contributed by atoms with Gasteiger partial charge in [-0.3, -0.25) is 9.59 Å². The number of amides is 1. The second-order valence-corrected chi connectivity index (χ2v) is 9.79. The fourth-order valence-electron chi connectivity index (χ4n) is 3.97. The van der Waals surface area contributed by atoms with Crippen LogP contribution in [0.1, 0.15) is 57.4 Å². The van der Waals surface area contributed by atoms with Gasteiger partial charge in [-0.2, -0.15) is 11.8 Å². The monoisotopic (exact) mass is 461 g/mol. The van der Waals surface area contributed by atoms with Gasteiger partial charge >= 0.3 is 5.97 Å². The maximum atomic E-state index is 12.3. The quantitative estimate of drug-likeness (QED) is 0.234. The molecule has 0 spiro atoms. The minimum atomic E-state index is -0.475. The molecular weight excluding hydrogens is 422 g/mol. The van der Waals surface area contributed by atoms with Crippen LogP contribution in [0.4, 0.5) is 0 Å². The van der Waals surface area contributed by atoms with E-state index < -0.39 is 6.10 Å². The van der Waals surface area contributed by atoms with Crippen molar-refractivity contribution >= 4 is 23.6 Å². The second-order valence-electron chi connectivity index (χ2n) is 8.57. The van der Waals surface area contributed by atoms with Crippen molar-refractivity contribution in [2.24, 2.45) is 5.92 Å². The van der Waals surface area contributed by atoms with Crippen molar-refractivity contribution in [2.45, 2.75) is 70.4 Å². The second kappa shape index (κ2) is 15.1. The number of likely N-dealkylation sites (tertiary alicyclic amines) is 1. The van der Waals surface area contributed by atoms with Gasteiger partial charge in [0.15, 0.2) is 0 Å². The number of methoxy groups -OCH3 is 1. The molecule has 1 fully saturated rings. The molecule has 2 rings (SSSR count). The van der Waals surface area contributed by atoms with Gasteiger partial charge in [0, 0.05) is 25.1 Å². The van der Waals surface area contributed by atoms with Crippen LogP contribution in [0, 0.1) is 5.92 Å². The predicted molar refractivity (Wildman–Crippen MR) is 132 cm³/mol. The van der Waals surface area contributed by atoms with E-state index in [1.165, 1.54) is 12.7 Å². The Morgan fingerprint density at radius 3 is 2.78 bits per heavy atom. The SMILES string of the molecule is COC(=O)CCCSCCN1C(=O)CCC1C=C[C@@H](O)[C@@H](C)CCCCc1ccccc1. The van der Waals surface area contributed by atoms with Gasteiger partial charge in [0.05, 0.1) is 19.3 Å². The minimum absolute atomic E-state index is 0.0816. The number of nitrogens with zero attached hydrogens (tertiary/aromatic N) is 1. The lowest BCUT2D eigenvalue weighted by atomic mass is 9.95. The van der Waals surface area contributed by atoms with Crippen molar-refractivity contribution in [3.63, 3.8) is 0 Å². The number of aliphatic hydroxyl groups excluding tert-OH is 1. The number of carbonyl (C=O) groups excluding carboxylic acids is 2. The highest BCUT2D eigenvalue weighted by Gasteiger charge is 2.28. The number of hydrogen-bond acceptors (Lipinski definition) is 5. The molecule has 1 N–H and O–H groups in total. The zero-order valence-electron chi connectivity index (χ0n) is 19.6. The van der Waals surface area contributed by atoms with Gasteiger partial charge in [-0.1, -0.05) is 55.8 Å². The number of hydrogen-bond donors (Lipinski definition) is 1. The lowest BCUT2D eigenvalue weighted by Gasteiger charge is -2.23. The molecule has 32 heavy (non-hydrogen) atoms. The van der Waals surface area contributed by atoms with Crippen LogP contribution in [0.25, 0.3) is 0 Å². The van der Waals surface area contributed by atoms with Crippen molar-refractivity contribution in [2.75, 3.05) is 25.2 Å². The van der Waals surface area contributed by atoms with Crippen LogP contribution in [0.3, 0.4) is 0 Å². The highest BCUT2D eigenvalue weighted by molar-refractivity contribution is 7.99. The van der Waals surface area contributed by atoms with E-state index in [0.29, 0.717) is 19.4 Å². The first-order valence-electron chi connectivity index (χ1n) is 11.9. The molecule has 1 aliphatic heterocycles. The van der Waals surface area contributed by atoms with Gasteiger partial charge in [0.2, 0.25) is 5.91 Å². The molecule has 0 aliphatic carbocycles. The number of benzene rings is 1. The van der Waals surface area contributed by atoms with Crippen LogP contribution in [-0.4, -0.2) is 59.2 Å². The number of thioether (sulfide) groups is 1. The number of carbonyl (C=O) groups is 2. The Bertz CT molecular complexity index is 709. The number of rotatable bonds is 15. The third-order valence-corrected chi connectivity index (χ3v) is 7.13. The lowest BCUT2D eigenvalue weighted by Crippen LogP contribution is -2.34. The molecule has 0 saturated carbocycles. The molecule has 1 aliphatic rings. The summed E-state index contributed by atoms with van der Waals surface area (Å²) in [6.07, 6.45) is 10.4. The van der Waals surface area contributed by atoms with Crippen molar-refractivity contribution in [3.8, 4) is 0 Å². The number of aliphatic hydroxyl groups is 1. The standard InChI is InChI=1S/C26H39NO4S/c1-21(9-6-7-12-22-10-4-3-5-11-22)24(28)16-14-23-15-17-25(29)27(23)18-20-32-19-8-13-26(30)31-2/h3-5,10-11,14,16,21,23-24,28H,6-9,12-13,15,17-20H2,1-2H3/t21-,23?,24+/m0/s1. The van der Waals surface area contributed by atoms with Gasteiger partial charge in [-0.05, 0) is 49.3 Å². The molecule has 5 nitrogen and oxygen atoms in total. The van der Waals surface area contributed by atoms with Crippen molar-refractivity contribution in [1.82, 2.24) is 4.90 Å². The van der Waals surface area contributed by atoms with Crippen LogP contribution in [0.5, 0.6) is 0 Å². The first-order chi connectivity index (χ1) is 15.5. The predicted octanol–water partition coefficient (Wildman–Crippen LogP) is 4.63. The van der Waals surface area contributed by atoms with Crippen LogP contribution in [-0.2, 0) is 20.7 Å². The molecular formula is C26H39NO4S. The van der Waals surface area contributed by atoms with E-state index in [2.05, 4.69) is 35.9 Å². The Kier molecular flexibility index (Phi) is 12.5. The van der Waals surface area contributed by atoms with E-state index in [4.69, 9.17) is 0 Å². The molecule has 178 valence electrons. The zero-order chi connectivity index (χ0) is 23.2. The smallest absolute Gasteiger partial charge is 0.305 e. The van der Waals surface area contributed by atoms with E-state index in [1.54, 1.807) is 11.8 Å². The highest BCUT2D eigenvalue weighted by atomic mass is 32.2. The van der Waals surface area contributed by atoms with E-state index in [9.17, 15) is 14.7 Å². The van der Waals surface area contributed by atoms with Crippen LogP contribution in [0.15, 0.2) is 42.5 Å². The molecule has 1 aromatic rings. The average Bonchev–Trinajstić information content (AvgIpc) is 3.16. The normalized spacial score (nSPS) is 18.3. The molecule has 1 heterocycles. The van der Waals surface area contributed by atoms with Crippen molar-refractivity contribution < 1.29 is 19.4 Å². The van der Waals surface area contributed by atoms with E-state index >= 15 is 0 Å². The number of esters is 1. The van der Waals surface area contributed by atoms with Gasteiger partial charge in [0.1, 0.15) is 0 Å². The molecule has 6 heteroatoms. The largest absolute Gasteiger partial charge is 0.469 e. The van der Waals surface area contributed by atoms with E-state index in [0.717, 1.165) is 50.0 Å². The summed E-state index contributed by atoms with van der Waals surface area (Å²) in [6.45, 7) is 2.81. The highest BCUT2D eigenvalue weighted by Crippen LogP contribution is 2.22. The lowest BCUT2D eigenvalue weighted by molar-refractivity contribution is -0.140. The van der Waals surface area contributed by atoms with Crippen molar-refractivity contribution in [1.29, 1.82) is 0 Å². The third-order valence-electron chi connectivity index (χ3n) is 6.08. The summed E-state index contributed by atoms with van der Waals surface area (Å²) >= 11 is 1.76. The van der Waals surface area contributed by atoms with Crippen LogP contribution >= 0.6 is 11.8 Å². The van der Waals surface area contributed by atoms with Gasteiger partial charge in [-0.25, -0.2) is 0 Å². The Hall–Kier alpha value is -1.79. The average molecular weight is 462 g/mol. The summed E-state index contributed by atoms with van der Waals surface area (Å²) in [7, 11) is 1.41. The Labute approximate surface area is 197 Å². The van der Waals surface area contributed by atoms with E-state index in [1.807, 2.05) is 23.1 Å². The van der Waals surface area contributed by atoms with E-state index in [-0.39, 0.29) is 23.8 Å². The topological polar surface area (TPSA) is 66.8 Å². The van der Waals surface area contributed by atoms with Gasteiger partial charge in [-0.15, -0.1) is 0 Å². The zero-order valence-corrected chi connectivity index (χ0v) is 20.4. The molecule has 0 radical (unpaired) electrons. The maximum Gasteiger partial charge on any atom is 0.305 e. The number of ether oxygens (including phenoxy) is 1.